The Balaban J connectivity index is 1.41. The summed E-state index contributed by atoms with van der Waals surface area (Å²) in [5, 5.41) is 0. The Bertz CT molecular complexity index is 1190. The first-order valence-corrected chi connectivity index (χ1v) is 14.0. The van der Waals surface area contributed by atoms with E-state index in [0.29, 0.717) is 24.3 Å². The molecule has 2 aliphatic rings. The third-order valence-corrected chi connectivity index (χ3v) is 8.31. The van der Waals surface area contributed by atoms with Gasteiger partial charge in [0.15, 0.2) is 0 Å². The molecule has 0 bridgehead atoms. The van der Waals surface area contributed by atoms with Gasteiger partial charge in [0.25, 0.3) is 0 Å². The summed E-state index contributed by atoms with van der Waals surface area (Å²) in [5.74, 6) is 2.95. The minimum absolute atomic E-state index is 0.167. The second-order valence-electron chi connectivity index (χ2n) is 10.8. The average Bonchev–Trinajstić information content (AvgIpc) is 3.64. The quantitative estimate of drug-likeness (QED) is 0.327. The van der Waals surface area contributed by atoms with Crippen LogP contribution in [-0.2, 0) is 17.9 Å². The van der Waals surface area contributed by atoms with Gasteiger partial charge >= 0.3 is 0 Å². The molecule has 38 heavy (non-hydrogen) atoms. The topological polar surface area (TPSA) is 42.0 Å². The van der Waals surface area contributed by atoms with E-state index in [-0.39, 0.29) is 5.92 Å². The highest BCUT2D eigenvalue weighted by Crippen LogP contribution is 2.37. The van der Waals surface area contributed by atoms with Crippen molar-refractivity contribution in [3.8, 4) is 11.5 Å². The monoisotopic (exact) mass is 512 g/mol. The molecule has 5 nitrogen and oxygen atoms in total. The average molecular weight is 513 g/mol. The van der Waals surface area contributed by atoms with Crippen LogP contribution < -0.4 is 9.47 Å². The molecule has 3 aromatic rings. The van der Waals surface area contributed by atoms with Crippen molar-refractivity contribution in [2.45, 2.75) is 44.7 Å². The van der Waals surface area contributed by atoms with Crippen LogP contribution in [0.3, 0.4) is 0 Å². The van der Waals surface area contributed by atoms with Gasteiger partial charge in [-0.25, -0.2) is 0 Å². The number of carbonyl (C=O) groups excluding carboxylic acids is 1. The second kappa shape index (κ2) is 12.5. The van der Waals surface area contributed by atoms with E-state index in [0.717, 1.165) is 63.4 Å². The SMILES string of the molecule is COc1cccc([C@H]2CN(Cc3ccccc3OC)C[C@@H]2CN(Cc2ccccc2)C(=O)C2CCCC2)c1. The molecule has 0 radical (unpaired) electrons. The summed E-state index contributed by atoms with van der Waals surface area (Å²) in [7, 11) is 3.46. The van der Waals surface area contributed by atoms with Gasteiger partial charge in [0.2, 0.25) is 5.91 Å². The lowest BCUT2D eigenvalue weighted by molar-refractivity contribution is -0.136. The zero-order valence-electron chi connectivity index (χ0n) is 22.7. The molecule has 0 unspecified atom stereocenters. The van der Waals surface area contributed by atoms with Crippen molar-refractivity contribution in [3.05, 3.63) is 95.6 Å². The fourth-order valence-electron chi connectivity index (χ4n) is 6.35. The maximum Gasteiger partial charge on any atom is 0.225 e. The molecule has 3 aromatic carbocycles. The number of amides is 1. The van der Waals surface area contributed by atoms with Crippen LogP contribution in [-0.4, -0.2) is 49.6 Å². The van der Waals surface area contributed by atoms with E-state index in [1.54, 1.807) is 14.2 Å². The molecule has 1 amide bonds. The largest absolute Gasteiger partial charge is 0.497 e. The number of carbonyl (C=O) groups is 1. The zero-order valence-corrected chi connectivity index (χ0v) is 22.7. The van der Waals surface area contributed by atoms with Crippen molar-refractivity contribution < 1.29 is 14.3 Å². The predicted molar refractivity (Wildman–Crippen MR) is 151 cm³/mol. The number of methoxy groups -OCH3 is 2. The Morgan fingerprint density at radius 3 is 2.42 bits per heavy atom. The summed E-state index contributed by atoms with van der Waals surface area (Å²) in [5.41, 5.74) is 3.67. The molecular formula is C33H40N2O3. The Morgan fingerprint density at radius 1 is 0.895 bits per heavy atom. The zero-order chi connectivity index (χ0) is 26.3. The Morgan fingerprint density at radius 2 is 1.66 bits per heavy atom. The van der Waals surface area contributed by atoms with E-state index < -0.39 is 0 Å². The van der Waals surface area contributed by atoms with E-state index in [1.165, 1.54) is 16.7 Å². The number of para-hydroxylation sites is 1. The van der Waals surface area contributed by atoms with Crippen LogP contribution >= 0.6 is 0 Å². The summed E-state index contributed by atoms with van der Waals surface area (Å²) in [6.45, 7) is 4.13. The van der Waals surface area contributed by atoms with Crippen molar-refractivity contribution >= 4 is 5.91 Å². The second-order valence-corrected chi connectivity index (χ2v) is 10.8. The first-order chi connectivity index (χ1) is 18.6. The number of nitrogens with zero attached hydrogens (tertiary/aromatic N) is 2. The van der Waals surface area contributed by atoms with E-state index in [2.05, 4.69) is 64.4 Å². The van der Waals surface area contributed by atoms with Crippen molar-refractivity contribution in [1.82, 2.24) is 9.80 Å². The third-order valence-electron chi connectivity index (χ3n) is 8.31. The van der Waals surface area contributed by atoms with Crippen LogP contribution in [0, 0.1) is 11.8 Å². The number of ether oxygens (including phenoxy) is 2. The summed E-state index contributed by atoms with van der Waals surface area (Å²) >= 11 is 0. The fourth-order valence-corrected chi connectivity index (χ4v) is 6.35. The van der Waals surface area contributed by atoms with Crippen LogP contribution in [0.5, 0.6) is 11.5 Å². The molecule has 1 aliphatic heterocycles. The number of benzene rings is 3. The number of hydrogen-bond donors (Lipinski definition) is 0. The highest BCUT2D eigenvalue weighted by atomic mass is 16.5. The molecule has 5 rings (SSSR count). The first-order valence-electron chi connectivity index (χ1n) is 14.0. The molecule has 0 N–H and O–H groups in total. The Hall–Kier alpha value is -3.31. The lowest BCUT2D eigenvalue weighted by atomic mass is 9.88. The molecule has 2 atom stereocenters. The molecule has 200 valence electrons. The van der Waals surface area contributed by atoms with Crippen molar-refractivity contribution in [2.75, 3.05) is 33.9 Å². The maximum atomic E-state index is 13.8. The summed E-state index contributed by atoms with van der Waals surface area (Å²) < 4.78 is 11.2. The third kappa shape index (κ3) is 6.21. The molecule has 5 heteroatoms. The minimum atomic E-state index is 0.167. The number of rotatable bonds is 10. The molecule has 0 spiro atoms. The normalized spacial score (nSPS) is 19.9. The molecule has 1 saturated heterocycles. The summed E-state index contributed by atoms with van der Waals surface area (Å²) in [4.78, 5) is 18.5. The molecule has 1 heterocycles. The predicted octanol–water partition coefficient (Wildman–Crippen LogP) is 6.14. The lowest BCUT2D eigenvalue weighted by Gasteiger charge is -2.31. The van der Waals surface area contributed by atoms with Crippen molar-refractivity contribution in [1.29, 1.82) is 0 Å². The highest BCUT2D eigenvalue weighted by Gasteiger charge is 2.37. The molecule has 1 saturated carbocycles. The Labute approximate surface area is 227 Å². The van der Waals surface area contributed by atoms with Gasteiger partial charge in [-0.2, -0.15) is 0 Å². The van der Waals surface area contributed by atoms with Gasteiger partial charge in [0.05, 0.1) is 14.2 Å². The van der Waals surface area contributed by atoms with Crippen LogP contribution in [0.2, 0.25) is 0 Å². The van der Waals surface area contributed by atoms with Gasteiger partial charge in [-0.05, 0) is 48.1 Å². The maximum absolute atomic E-state index is 13.8. The molecule has 2 fully saturated rings. The van der Waals surface area contributed by atoms with Crippen LogP contribution in [0.25, 0.3) is 0 Å². The van der Waals surface area contributed by atoms with Gasteiger partial charge in [-0.1, -0.05) is 73.5 Å². The smallest absolute Gasteiger partial charge is 0.225 e. The van der Waals surface area contributed by atoms with Gasteiger partial charge < -0.3 is 14.4 Å². The van der Waals surface area contributed by atoms with Gasteiger partial charge in [-0.3, -0.25) is 9.69 Å². The van der Waals surface area contributed by atoms with Crippen molar-refractivity contribution in [3.63, 3.8) is 0 Å². The minimum Gasteiger partial charge on any atom is -0.497 e. The first kappa shape index (κ1) is 26.3. The standard InChI is InChI=1S/C33H40N2O3/c1-37-30-17-10-16-27(19-30)31-24-34(21-28-15-8-9-18-32(28)38-2)22-29(31)23-35(20-25-11-4-3-5-12-25)33(36)26-13-6-7-14-26/h3-5,8-12,15-19,26,29,31H,6-7,13-14,20-24H2,1-2H3/t29-,31-/m1/s1. The molecular weight excluding hydrogens is 472 g/mol. The summed E-state index contributed by atoms with van der Waals surface area (Å²) in [6.07, 6.45) is 4.37. The van der Waals surface area contributed by atoms with E-state index in [4.69, 9.17) is 9.47 Å². The van der Waals surface area contributed by atoms with Crippen molar-refractivity contribution in [2.24, 2.45) is 11.8 Å². The van der Waals surface area contributed by atoms with Gasteiger partial charge in [0.1, 0.15) is 11.5 Å². The van der Waals surface area contributed by atoms with Gasteiger partial charge in [-0.15, -0.1) is 0 Å². The fraction of sp³-hybridized carbons (Fsp3) is 0.424. The van der Waals surface area contributed by atoms with E-state index >= 15 is 0 Å². The molecule has 0 aromatic heterocycles. The Kier molecular flexibility index (Phi) is 8.65. The lowest BCUT2D eigenvalue weighted by Crippen LogP contribution is -2.40. The van der Waals surface area contributed by atoms with E-state index in [1.807, 2.05) is 24.3 Å². The highest BCUT2D eigenvalue weighted by molar-refractivity contribution is 5.79. The van der Waals surface area contributed by atoms with Gasteiger partial charge in [0, 0.05) is 50.1 Å². The van der Waals surface area contributed by atoms with Crippen LogP contribution in [0.1, 0.15) is 48.3 Å². The van der Waals surface area contributed by atoms with Crippen LogP contribution in [0.4, 0.5) is 0 Å². The summed E-state index contributed by atoms with van der Waals surface area (Å²) in [6, 6.07) is 27.2. The number of likely N-dealkylation sites (tertiary alicyclic amines) is 1. The number of hydrogen-bond acceptors (Lipinski definition) is 4. The molecule has 1 aliphatic carbocycles. The van der Waals surface area contributed by atoms with Crippen LogP contribution in [0.15, 0.2) is 78.9 Å². The van der Waals surface area contributed by atoms with E-state index in [9.17, 15) is 4.79 Å².